The van der Waals surface area contributed by atoms with Crippen molar-refractivity contribution >= 4 is 5.91 Å². The van der Waals surface area contributed by atoms with Crippen LogP contribution in [0.3, 0.4) is 0 Å². The lowest BCUT2D eigenvalue weighted by Gasteiger charge is -2.16. The van der Waals surface area contributed by atoms with Gasteiger partial charge in [-0.25, -0.2) is 0 Å². The van der Waals surface area contributed by atoms with Crippen LogP contribution in [0, 0.1) is 5.92 Å². The van der Waals surface area contributed by atoms with Crippen molar-refractivity contribution in [3.8, 4) is 0 Å². The first-order valence-corrected chi connectivity index (χ1v) is 8.52. The molecule has 3 rings (SSSR count). The molecule has 1 aromatic heterocycles. The predicted octanol–water partition coefficient (Wildman–Crippen LogP) is 1.91. The SMILES string of the molecule is CCn1cnnc1CC1CCN(C(=O)COCc2ccccc2)C1. The number of nitrogens with zero attached hydrogens (tertiary/aromatic N) is 4. The van der Waals surface area contributed by atoms with Crippen molar-refractivity contribution in [2.45, 2.75) is 32.9 Å². The molecule has 0 spiro atoms. The maximum absolute atomic E-state index is 12.3. The van der Waals surface area contributed by atoms with Crippen LogP contribution in [0.4, 0.5) is 0 Å². The largest absolute Gasteiger partial charge is 0.367 e. The average molecular weight is 328 g/mol. The molecule has 0 N–H and O–H groups in total. The lowest BCUT2D eigenvalue weighted by molar-refractivity contribution is -0.135. The molecule has 1 aliphatic heterocycles. The van der Waals surface area contributed by atoms with Crippen molar-refractivity contribution in [3.05, 3.63) is 48.0 Å². The molecule has 0 radical (unpaired) electrons. The van der Waals surface area contributed by atoms with Crippen LogP contribution in [0.15, 0.2) is 36.7 Å². The molecule has 1 fully saturated rings. The highest BCUT2D eigenvalue weighted by molar-refractivity contribution is 5.77. The molecule has 6 heteroatoms. The summed E-state index contributed by atoms with van der Waals surface area (Å²) in [6.45, 7) is 5.17. The molecule has 0 bridgehead atoms. The Morgan fingerprint density at radius 2 is 2.17 bits per heavy atom. The van der Waals surface area contributed by atoms with Gasteiger partial charge in [-0.05, 0) is 24.8 Å². The van der Waals surface area contributed by atoms with Crippen LogP contribution in [0.25, 0.3) is 0 Å². The number of carbonyl (C=O) groups excluding carboxylic acids is 1. The fourth-order valence-corrected chi connectivity index (χ4v) is 3.11. The number of hydrogen-bond acceptors (Lipinski definition) is 4. The molecule has 2 aromatic rings. The van der Waals surface area contributed by atoms with Gasteiger partial charge in [0.1, 0.15) is 18.8 Å². The fraction of sp³-hybridized carbons (Fsp3) is 0.500. The van der Waals surface area contributed by atoms with Crippen LogP contribution in [0.2, 0.25) is 0 Å². The molecule has 1 atom stereocenters. The summed E-state index contributed by atoms with van der Waals surface area (Å²) in [4.78, 5) is 14.2. The van der Waals surface area contributed by atoms with E-state index in [1.54, 1.807) is 6.33 Å². The molecular formula is C18H24N4O2. The molecule has 128 valence electrons. The van der Waals surface area contributed by atoms with Gasteiger partial charge >= 0.3 is 0 Å². The molecular weight excluding hydrogens is 304 g/mol. The predicted molar refractivity (Wildman–Crippen MR) is 90.2 cm³/mol. The van der Waals surface area contributed by atoms with E-state index < -0.39 is 0 Å². The van der Waals surface area contributed by atoms with E-state index in [1.165, 1.54) is 0 Å². The number of aromatic nitrogens is 3. The number of benzene rings is 1. The Hall–Kier alpha value is -2.21. The Morgan fingerprint density at radius 1 is 1.33 bits per heavy atom. The molecule has 6 nitrogen and oxygen atoms in total. The van der Waals surface area contributed by atoms with E-state index >= 15 is 0 Å². The quantitative estimate of drug-likeness (QED) is 0.779. The van der Waals surface area contributed by atoms with Crippen LogP contribution in [0.1, 0.15) is 24.7 Å². The Balaban J connectivity index is 1.42. The van der Waals surface area contributed by atoms with Crippen LogP contribution < -0.4 is 0 Å². The van der Waals surface area contributed by atoms with Gasteiger partial charge in [-0.2, -0.15) is 0 Å². The minimum atomic E-state index is 0.0744. The Labute approximate surface area is 142 Å². The first-order chi connectivity index (χ1) is 11.8. The van der Waals surface area contributed by atoms with Crippen molar-refractivity contribution in [2.75, 3.05) is 19.7 Å². The third-order valence-electron chi connectivity index (χ3n) is 4.48. The normalized spacial score (nSPS) is 17.4. The van der Waals surface area contributed by atoms with Crippen LogP contribution in [0.5, 0.6) is 0 Å². The van der Waals surface area contributed by atoms with E-state index in [4.69, 9.17) is 4.74 Å². The number of rotatable bonds is 7. The fourth-order valence-electron chi connectivity index (χ4n) is 3.11. The summed E-state index contributed by atoms with van der Waals surface area (Å²) in [7, 11) is 0. The topological polar surface area (TPSA) is 60.2 Å². The smallest absolute Gasteiger partial charge is 0.248 e. The van der Waals surface area contributed by atoms with Gasteiger partial charge in [-0.1, -0.05) is 30.3 Å². The maximum Gasteiger partial charge on any atom is 0.248 e. The van der Waals surface area contributed by atoms with E-state index in [-0.39, 0.29) is 12.5 Å². The number of aryl methyl sites for hydroxylation is 1. The highest BCUT2D eigenvalue weighted by Crippen LogP contribution is 2.20. The van der Waals surface area contributed by atoms with Gasteiger partial charge in [0.2, 0.25) is 5.91 Å². The minimum Gasteiger partial charge on any atom is -0.367 e. The van der Waals surface area contributed by atoms with E-state index in [0.29, 0.717) is 12.5 Å². The third-order valence-corrected chi connectivity index (χ3v) is 4.48. The standard InChI is InChI=1S/C18H24N4O2/c1-2-21-14-19-20-17(21)10-16-8-9-22(11-16)18(23)13-24-12-15-6-4-3-5-7-15/h3-7,14,16H,2,8-13H2,1H3. The zero-order chi connectivity index (χ0) is 16.8. The third kappa shape index (κ3) is 4.20. The summed E-state index contributed by atoms with van der Waals surface area (Å²) >= 11 is 0. The van der Waals surface area contributed by atoms with E-state index in [1.807, 2.05) is 35.2 Å². The highest BCUT2D eigenvalue weighted by Gasteiger charge is 2.27. The van der Waals surface area contributed by atoms with Crippen LogP contribution in [-0.4, -0.2) is 45.3 Å². The molecule has 1 amide bonds. The van der Waals surface area contributed by atoms with Gasteiger partial charge in [0.05, 0.1) is 6.61 Å². The molecule has 0 aliphatic carbocycles. The molecule has 1 unspecified atom stereocenters. The van der Waals surface area contributed by atoms with Crippen molar-refractivity contribution in [2.24, 2.45) is 5.92 Å². The number of likely N-dealkylation sites (tertiary alicyclic amines) is 1. The van der Waals surface area contributed by atoms with Crippen molar-refractivity contribution in [1.82, 2.24) is 19.7 Å². The van der Waals surface area contributed by atoms with Crippen LogP contribution >= 0.6 is 0 Å². The summed E-state index contributed by atoms with van der Waals surface area (Å²) in [6.07, 6.45) is 3.66. The highest BCUT2D eigenvalue weighted by atomic mass is 16.5. The second-order valence-electron chi connectivity index (χ2n) is 6.21. The minimum absolute atomic E-state index is 0.0744. The zero-order valence-electron chi connectivity index (χ0n) is 14.1. The molecule has 1 saturated heterocycles. The summed E-state index contributed by atoms with van der Waals surface area (Å²) < 4.78 is 7.62. The summed E-state index contributed by atoms with van der Waals surface area (Å²) in [5, 5.41) is 8.16. The van der Waals surface area contributed by atoms with E-state index in [0.717, 1.165) is 43.9 Å². The maximum atomic E-state index is 12.3. The molecule has 24 heavy (non-hydrogen) atoms. The molecule has 1 aliphatic rings. The first kappa shape index (κ1) is 16.6. The monoisotopic (exact) mass is 328 g/mol. The van der Waals surface area contributed by atoms with Gasteiger partial charge in [-0.3, -0.25) is 4.79 Å². The van der Waals surface area contributed by atoms with Crippen molar-refractivity contribution in [3.63, 3.8) is 0 Å². The molecule has 0 saturated carbocycles. The van der Waals surface area contributed by atoms with E-state index in [9.17, 15) is 4.79 Å². The Bertz CT molecular complexity index is 656. The summed E-state index contributed by atoms with van der Waals surface area (Å²) in [5.41, 5.74) is 1.09. The molecule has 2 heterocycles. The van der Waals surface area contributed by atoms with Gasteiger partial charge in [0.25, 0.3) is 0 Å². The lowest BCUT2D eigenvalue weighted by Crippen LogP contribution is -2.32. The van der Waals surface area contributed by atoms with E-state index in [2.05, 4.69) is 21.7 Å². The Morgan fingerprint density at radius 3 is 2.96 bits per heavy atom. The second kappa shape index (κ2) is 8.06. The lowest BCUT2D eigenvalue weighted by atomic mass is 10.0. The van der Waals surface area contributed by atoms with Gasteiger partial charge in [0, 0.05) is 26.1 Å². The zero-order valence-corrected chi connectivity index (χ0v) is 14.1. The average Bonchev–Trinajstić information content (AvgIpc) is 3.25. The first-order valence-electron chi connectivity index (χ1n) is 8.52. The molecule has 1 aromatic carbocycles. The summed E-state index contributed by atoms with van der Waals surface area (Å²) in [6, 6.07) is 9.92. The number of carbonyl (C=O) groups is 1. The number of ether oxygens (including phenoxy) is 1. The number of amides is 1. The van der Waals surface area contributed by atoms with Crippen molar-refractivity contribution in [1.29, 1.82) is 0 Å². The van der Waals surface area contributed by atoms with Gasteiger partial charge in [0.15, 0.2) is 0 Å². The summed E-state index contributed by atoms with van der Waals surface area (Å²) in [5.74, 6) is 1.54. The van der Waals surface area contributed by atoms with Crippen LogP contribution in [-0.2, 0) is 29.1 Å². The van der Waals surface area contributed by atoms with Gasteiger partial charge in [-0.15, -0.1) is 10.2 Å². The number of hydrogen-bond donors (Lipinski definition) is 0. The second-order valence-corrected chi connectivity index (χ2v) is 6.21. The Kier molecular flexibility index (Phi) is 5.59. The van der Waals surface area contributed by atoms with Gasteiger partial charge < -0.3 is 14.2 Å². The van der Waals surface area contributed by atoms with Crippen molar-refractivity contribution < 1.29 is 9.53 Å².